The molecule has 0 saturated carbocycles. The van der Waals surface area contributed by atoms with Crippen LogP contribution in [0.3, 0.4) is 0 Å². The molecule has 2 rings (SSSR count). The van der Waals surface area contributed by atoms with Crippen LogP contribution >= 0.6 is 0 Å². The summed E-state index contributed by atoms with van der Waals surface area (Å²) in [6, 6.07) is 11.4. The van der Waals surface area contributed by atoms with Gasteiger partial charge in [-0.1, -0.05) is 24.3 Å². The van der Waals surface area contributed by atoms with Crippen LogP contribution in [0.1, 0.15) is 13.8 Å². The fraction of sp³-hybridized carbons (Fsp3) is 0.235. The van der Waals surface area contributed by atoms with E-state index in [0.29, 0.717) is 0 Å². The number of benzene rings is 2. The SMILES string of the molecule is CCOC(=O)C(C)N(c1cccc([N+](=O)[O-])c1)S(=O)(=O)c1ccccc1. The number of carbonyl (C=O) groups is 1. The van der Waals surface area contributed by atoms with E-state index in [1.54, 1.807) is 25.1 Å². The minimum atomic E-state index is -4.15. The highest BCUT2D eigenvalue weighted by Gasteiger charge is 2.34. The van der Waals surface area contributed by atoms with Crippen molar-refractivity contribution in [3.05, 3.63) is 64.7 Å². The van der Waals surface area contributed by atoms with Crippen molar-refractivity contribution >= 4 is 27.4 Å². The van der Waals surface area contributed by atoms with E-state index in [-0.39, 0.29) is 22.9 Å². The van der Waals surface area contributed by atoms with Gasteiger partial charge in [-0.3, -0.25) is 14.4 Å². The number of nitro benzene ring substituents is 1. The highest BCUT2D eigenvalue weighted by Crippen LogP contribution is 2.29. The van der Waals surface area contributed by atoms with Crippen molar-refractivity contribution in [1.29, 1.82) is 0 Å². The van der Waals surface area contributed by atoms with Crippen molar-refractivity contribution in [2.24, 2.45) is 0 Å². The highest BCUT2D eigenvalue weighted by molar-refractivity contribution is 7.92. The standard InChI is InChI=1S/C17H18N2O6S/c1-3-25-17(20)13(2)18(14-8-7-9-15(12-14)19(21)22)26(23,24)16-10-5-4-6-11-16/h4-13H,3H2,1-2H3. The van der Waals surface area contributed by atoms with Crippen LogP contribution in [0, 0.1) is 10.1 Å². The number of carbonyl (C=O) groups excluding carboxylic acids is 1. The summed E-state index contributed by atoms with van der Waals surface area (Å²) in [7, 11) is -4.15. The van der Waals surface area contributed by atoms with Gasteiger partial charge in [0.2, 0.25) is 0 Å². The van der Waals surface area contributed by atoms with Crippen molar-refractivity contribution in [3.8, 4) is 0 Å². The molecular weight excluding hydrogens is 360 g/mol. The second-order valence-corrected chi connectivity index (χ2v) is 7.13. The lowest BCUT2D eigenvalue weighted by molar-refractivity contribution is -0.384. The van der Waals surface area contributed by atoms with Crippen molar-refractivity contribution in [2.45, 2.75) is 24.8 Å². The van der Waals surface area contributed by atoms with Gasteiger partial charge in [0.15, 0.2) is 0 Å². The Morgan fingerprint density at radius 1 is 1.19 bits per heavy atom. The van der Waals surface area contributed by atoms with Gasteiger partial charge in [0, 0.05) is 12.1 Å². The van der Waals surface area contributed by atoms with E-state index in [2.05, 4.69) is 0 Å². The van der Waals surface area contributed by atoms with E-state index >= 15 is 0 Å². The maximum Gasteiger partial charge on any atom is 0.329 e. The highest BCUT2D eigenvalue weighted by atomic mass is 32.2. The Morgan fingerprint density at radius 3 is 2.42 bits per heavy atom. The first-order valence-electron chi connectivity index (χ1n) is 7.79. The number of hydrogen-bond acceptors (Lipinski definition) is 6. The van der Waals surface area contributed by atoms with Gasteiger partial charge in [0.25, 0.3) is 15.7 Å². The zero-order chi connectivity index (χ0) is 19.3. The Morgan fingerprint density at radius 2 is 1.85 bits per heavy atom. The zero-order valence-corrected chi connectivity index (χ0v) is 15.0. The number of sulfonamides is 1. The van der Waals surface area contributed by atoms with Crippen LogP contribution in [-0.2, 0) is 19.6 Å². The van der Waals surface area contributed by atoms with Crippen LogP contribution in [0.25, 0.3) is 0 Å². The normalized spacial score (nSPS) is 12.2. The first-order chi connectivity index (χ1) is 12.3. The summed E-state index contributed by atoms with van der Waals surface area (Å²) in [5.41, 5.74) is -0.282. The largest absolute Gasteiger partial charge is 0.464 e. The molecule has 0 N–H and O–H groups in total. The van der Waals surface area contributed by atoms with E-state index in [4.69, 9.17) is 4.74 Å². The molecule has 2 aromatic carbocycles. The number of esters is 1. The third-order valence-corrected chi connectivity index (χ3v) is 5.49. The monoisotopic (exact) mass is 378 g/mol. The molecule has 9 heteroatoms. The number of rotatable bonds is 7. The molecule has 1 atom stereocenters. The maximum absolute atomic E-state index is 13.1. The number of ether oxygens (including phenoxy) is 1. The van der Waals surface area contributed by atoms with E-state index < -0.39 is 27.0 Å². The van der Waals surface area contributed by atoms with Gasteiger partial charge in [-0.15, -0.1) is 0 Å². The molecule has 0 aliphatic heterocycles. The summed E-state index contributed by atoms with van der Waals surface area (Å²) in [6.07, 6.45) is 0. The summed E-state index contributed by atoms with van der Waals surface area (Å²) < 4.78 is 32.0. The van der Waals surface area contributed by atoms with Gasteiger partial charge in [-0.05, 0) is 32.0 Å². The minimum absolute atomic E-state index is 0.00334. The molecule has 0 fully saturated rings. The summed E-state index contributed by atoms with van der Waals surface area (Å²) in [5, 5.41) is 11.0. The van der Waals surface area contributed by atoms with Gasteiger partial charge in [0.05, 0.1) is 22.1 Å². The van der Waals surface area contributed by atoms with Crippen LogP contribution in [0.5, 0.6) is 0 Å². The molecule has 0 spiro atoms. The Balaban J connectivity index is 2.61. The Hall–Kier alpha value is -2.94. The fourth-order valence-corrected chi connectivity index (χ4v) is 4.00. The Kier molecular flexibility index (Phi) is 5.93. The number of nitrogens with zero attached hydrogens (tertiary/aromatic N) is 2. The fourth-order valence-electron chi connectivity index (χ4n) is 2.38. The van der Waals surface area contributed by atoms with Crippen molar-refractivity contribution < 1.29 is 22.9 Å². The van der Waals surface area contributed by atoms with Crippen LogP contribution in [0.2, 0.25) is 0 Å². The lowest BCUT2D eigenvalue weighted by atomic mass is 10.2. The molecule has 2 aromatic rings. The van der Waals surface area contributed by atoms with E-state index in [9.17, 15) is 23.3 Å². The molecule has 0 saturated heterocycles. The lowest BCUT2D eigenvalue weighted by Crippen LogP contribution is -2.44. The van der Waals surface area contributed by atoms with Gasteiger partial charge < -0.3 is 4.74 Å². The van der Waals surface area contributed by atoms with Gasteiger partial charge >= 0.3 is 5.97 Å². The molecule has 0 amide bonds. The molecule has 0 aliphatic rings. The first-order valence-corrected chi connectivity index (χ1v) is 9.23. The van der Waals surface area contributed by atoms with Crippen molar-refractivity contribution in [2.75, 3.05) is 10.9 Å². The number of non-ortho nitro benzene ring substituents is 1. The molecule has 138 valence electrons. The van der Waals surface area contributed by atoms with E-state index in [0.717, 1.165) is 10.4 Å². The average Bonchev–Trinajstić information content (AvgIpc) is 2.62. The molecule has 0 heterocycles. The topological polar surface area (TPSA) is 107 Å². The number of nitro groups is 1. The predicted molar refractivity (Wildman–Crippen MR) is 95.3 cm³/mol. The van der Waals surface area contributed by atoms with Crippen molar-refractivity contribution in [3.63, 3.8) is 0 Å². The van der Waals surface area contributed by atoms with Crippen molar-refractivity contribution in [1.82, 2.24) is 0 Å². The molecule has 26 heavy (non-hydrogen) atoms. The van der Waals surface area contributed by atoms with Gasteiger partial charge in [-0.25, -0.2) is 13.2 Å². The third-order valence-electron chi connectivity index (χ3n) is 3.57. The average molecular weight is 378 g/mol. The molecule has 0 radical (unpaired) electrons. The second-order valence-electron chi connectivity index (χ2n) is 5.32. The van der Waals surface area contributed by atoms with Crippen LogP contribution in [0.4, 0.5) is 11.4 Å². The van der Waals surface area contributed by atoms with Crippen LogP contribution in [0.15, 0.2) is 59.5 Å². The van der Waals surface area contributed by atoms with Gasteiger partial charge in [-0.2, -0.15) is 0 Å². The molecular formula is C17H18N2O6S. The maximum atomic E-state index is 13.1. The number of hydrogen-bond donors (Lipinski definition) is 0. The second kappa shape index (κ2) is 7.96. The number of anilines is 1. The lowest BCUT2D eigenvalue weighted by Gasteiger charge is -2.29. The smallest absolute Gasteiger partial charge is 0.329 e. The summed E-state index contributed by atoms with van der Waals surface area (Å²) in [4.78, 5) is 22.6. The van der Waals surface area contributed by atoms with E-state index in [1.807, 2.05) is 0 Å². The summed E-state index contributed by atoms with van der Waals surface area (Å²) in [6.45, 7) is 3.06. The summed E-state index contributed by atoms with van der Waals surface area (Å²) in [5.74, 6) is -0.751. The molecule has 0 aromatic heterocycles. The van der Waals surface area contributed by atoms with Gasteiger partial charge in [0.1, 0.15) is 6.04 Å². The zero-order valence-electron chi connectivity index (χ0n) is 14.2. The first kappa shape index (κ1) is 19.4. The third kappa shape index (κ3) is 3.99. The molecule has 8 nitrogen and oxygen atoms in total. The minimum Gasteiger partial charge on any atom is -0.464 e. The predicted octanol–water partition coefficient (Wildman–Crippen LogP) is 2.74. The molecule has 0 aliphatic carbocycles. The Labute approximate surface area is 151 Å². The Bertz CT molecular complexity index is 898. The quantitative estimate of drug-likeness (QED) is 0.416. The van der Waals surface area contributed by atoms with E-state index in [1.165, 1.54) is 37.3 Å². The molecule has 0 bridgehead atoms. The summed E-state index contributed by atoms with van der Waals surface area (Å²) >= 11 is 0. The van der Waals surface area contributed by atoms with Crippen LogP contribution in [-0.4, -0.2) is 32.0 Å². The van der Waals surface area contributed by atoms with Crippen LogP contribution < -0.4 is 4.31 Å². The molecule has 1 unspecified atom stereocenters.